The smallest absolute Gasteiger partial charge is 0.191 e. The fourth-order valence-corrected chi connectivity index (χ4v) is 1.71. The molecule has 0 saturated carbocycles. The maximum absolute atomic E-state index is 10.3. The monoisotopic (exact) mass is 258 g/mol. The number of hydrogen-bond donors (Lipinski definition) is 4. The van der Waals surface area contributed by atoms with Gasteiger partial charge in [0.2, 0.25) is 0 Å². The van der Waals surface area contributed by atoms with Crippen molar-refractivity contribution in [2.45, 2.75) is 30.7 Å². The molecule has 5 atom stereocenters. The van der Waals surface area contributed by atoms with Crippen molar-refractivity contribution in [1.82, 2.24) is 0 Å². The Labute approximate surface area is 90.1 Å². The first-order valence-electron chi connectivity index (χ1n) is 4.27. The first-order chi connectivity index (χ1) is 7.26. The highest BCUT2D eigenvalue weighted by Crippen LogP contribution is 2.33. The third-order valence-corrected chi connectivity index (χ3v) is 2.55. The summed E-state index contributed by atoms with van der Waals surface area (Å²) in [6.45, 7) is -0.743. The van der Waals surface area contributed by atoms with E-state index in [1.165, 1.54) is 0 Å². The van der Waals surface area contributed by atoms with Crippen LogP contribution in [-0.2, 0) is 13.8 Å². The summed E-state index contributed by atoms with van der Waals surface area (Å²) in [5.74, 6) is 0. The van der Waals surface area contributed by atoms with Gasteiger partial charge >= 0.3 is 0 Å². The Hall–Kier alpha value is -0.0900. The van der Waals surface area contributed by atoms with Crippen LogP contribution in [0.2, 0.25) is 0 Å². The lowest BCUT2D eigenvalue weighted by atomic mass is 10.00. The summed E-state index contributed by atoms with van der Waals surface area (Å²) in [7, 11) is -5.41. The molecule has 0 spiro atoms. The number of ether oxygens (including phenoxy) is 1. The molecule has 1 rings (SSSR count). The molecule has 0 aromatic rings. The molecule has 0 radical (unpaired) electrons. The number of rotatable bonds is 3. The Morgan fingerprint density at radius 2 is 1.75 bits per heavy atom. The zero-order chi connectivity index (χ0) is 12.5. The van der Waals surface area contributed by atoms with E-state index in [2.05, 4.69) is 9.26 Å². The molecule has 9 nitrogen and oxygen atoms in total. The van der Waals surface area contributed by atoms with Gasteiger partial charge < -0.3 is 44.0 Å². The summed E-state index contributed by atoms with van der Waals surface area (Å²) in [5, 5.41) is 36.5. The molecule has 1 fully saturated rings. The number of phosphoric acid groups is 1. The van der Waals surface area contributed by atoms with Crippen LogP contribution in [-0.4, -0.2) is 57.7 Å². The van der Waals surface area contributed by atoms with Crippen molar-refractivity contribution < 1.29 is 44.0 Å². The van der Waals surface area contributed by atoms with E-state index in [4.69, 9.17) is 5.11 Å². The van der Waals surface area contributed by atoms with Crippen LogP contribution in [0.5, 0.6) is 0 Å². The van der Waals surface area contributed by atoms with Crippen molar-refractivity contribution in [1.29, 1.82) is 0 Å². The Balaban J connectivity index is 2.75. The lowest BCUT2D eigenvalue weighted by Gasteiger charge is -2.43. The highest BCUT2D eigenvalue weighted by Gasteiger charge is 2.44. The average Bonchev–Trinajstić information content (AvgIpc) is 2.17. The minimum absolute atomic E-state index is 0.743. The molecule has 0 aliphatic carbocycles. The number of phosphoric ester groups is 1. The summed E-state index contributed by atoms with van der Waals surface area (Å²) in [6.07, 6.45) is -8.61. The number of aliphatic hydroxyl groups is 4. The predicted octanol–water partition coefficient (Wildman–Crippen LogP) is -4.37. The van der Waals surface area contributed by atoms with Gasteiger partial charge in [0.05, 0.1) is 14.4 Å². The van der Waals surface area contributed by atoms with Gasteiger partial charge in [-0.1, -0.05) is 0 Å². The van der Waals surface area contributed by atoms with E-state index in [-0.39, 0.29) is 0 Å². The van der Waals surface area contributed by atoms with E-state index in [1.807, 2.05) is 0 Å². The molecule has 96 valence electrons. The van der Waals surface area contributed by atoms with Gasteiger partial charge in [-0.25, -0.2) is 0 Å². The molecule has 4 N–H and O–H groups in total. The lowest BCUT2D eigenvalue weighted by Crippen LogP contribution is -2.59. The fraction of sp³-hybridized carbons (Fsp3) is 1.00. The minimum atomic E-state index is -5.41. The topological polar surface area (TPSA) is 163 Å². The van der Waals surface area contributed by atoms with E-state index in [0.717, 1.165) is 0 Å². The van der Waals surface area contributed by atoms with E-state index in [9.17, 15) is 29.7 Å². The Bertz CT molecular complexity index is 275. The second-order valence-corrected chi connectivity index (χ2v) is 4.36. The van der Waals surface area contributed by atoms with Gasteiger partial charge in [-0.05, 0) is 0 Å². The van der Waals surface area contributed by atoms with Crippen LogP contribution in [0.25, 0.3) is 0 Å². The first kappa shape index (κ1) is 14.0. The van der Waals surface area contributed by atoms with Gasteiger partial charge in [-0.2, -0.15) is 0 Å². The third kappa shape index (κ3) is 3.20. The Morgan fingerprint density at radius 1 is 1.19 bits per heavy atom. The van der Waals surface area contributed by atoms with Crippen LogP contribution in [0.15, 0.2) is 0 Å². The van der Waals surface area contributed by atoms with Crippen LogP contribution in [0.3, 0.4) is 0 Å². The van der Waals surface area contributed by atoms with Crippen LogP contribution >= 0.6 is 7.82 Å². The summed E-state index contributed by atoms with van der Waals surface area (Å²) >= 11 is 0. The largest absolute Gasteiger partial charge is 0.790 e. The third-order valence-electron chi connectivity index (χ3n) is 2.08. The minimum Gasteiger partial charge on any atom is -0.790 e. The lowest BCUT2D eigenvalue weighted by molar-refractivity contribution is -0.368. The van der Waals surface area contributed by atoms with Crippen LogP contribution < -0.4 is 9.79 Å². The fourth-order valence-electron chi connectivity index (χ4n) is 1.28. The molecule has 0 aromatic carbocycles. The average molecular weight is 258 g/mol. The Morgan fingerprint density at radius 3 is 2.19 bits per heavy atom. The molecule has 16 heavy (non-hydrogen) atoms. The van der Waals surface area contributed by atoms with Crippen molar-refractivity contribution in [3.8, 4) is 0 Å². The van der Waals surface area contributed by atoms with E-state index in [0.29, 0.717) is 0 Å². The maximum atomic E-state index is 10.3. The van der Waals surface area contributed by atoms with E-state index >= 15 is 0 Å². The van der Waals surface area contributed by atoms with Crippen LogP contribution in [0.4, 0.5) is 0 Å². The normalized spacial score (nSPS) is 41.0. The van der Waals surface area contributed by atoms with Gasteiger partial charge in [0.1, 0.15) is 24.4 Å². The molecule has 1 saturated heterocycles. The Kier molecular flexibility index (Phi) is 4.41. The summed E-state index contributed by atoms with van der Waals surface area (Å²) in [6, 6.07) is 0. The molecular weight excluding hydrogens is 247 g/mol. The van der Waals surface area contributed by atoms with Crippen LogP contribution in [0, 0.1) is 0 Å². The summed E-state index contributed by atoms with van der Waals surface area (Å²) in [4.78, 5) is 20.6. The van der Waals surface area contributed by atoms with Crippen molar-refractivity contribution in [3.63, 3.8) is 0 Å². The molecule has 0 amide bonds. The summed E-state index contributed by atoms with van der Waals surface area (Å²) in [5.41, 5.74) is 0. The molecule has 1 aliphatic rings. The number of aliphatic hydroxyl groups excluding tert-OH is 4. The standard InChI is InChI=1S/C6H13O9P/c7-1-2-3(8)4(9)5(10)6(14-2)15-16(11,12)13/h2-10H,1H2,(H2,11,12,13)/p-2/t2-,3+,4+,5-,6-/m1/s1. The van der Waals surface area contributed by atoms with Gasteiger partial charge in [0.25, 0.3) is 0 Å². The SMILES string of the molecule is O=P([O-])([O-])O[C@H]1O[C@H](CO)[C@H](O)[C@H](O)[C@H]1O. The van der Waals surface area contributed by atoms with Gasteiger partial charge in [0, 0.05) is 0 Å². The predicted molar refractivity (Wildman–Crippen MR) is 42.5 cm³/mol. The molecule has 1 heterocycles. The molecule has 0 bridgehead atoms. The molecule has 0 aromatic heterocycles. The highest BCUT2D eigenvalue weighted by molar-refractivity contribution is 7.43. The van der Waals surface area contributed by atoms with Crippen molar-refractivity contribution >= 4 is 7.82 Å². The van der Waals surface area contributed by atoms with Gasteiger partial charge in [-0.3, -0.25) is 0 Å². The first-order valence-corrected chi connectivity index (χ1v) is 5.73. The second kappa shape index (κ2) is 5.05. The van der Waals surface area contributed by atoms with Gasteiger partial charge in [-0.15, -0.1) is 0 Å². The zero-order valence-corrected chi connectivity index (χ0v) is 8.77. The van der Waals surface area contributed by atoms with Gasteiger partial charge in [0.15, 0.2) is 6.29 Å². The maximum Gasteiger partial charge on any atom is 0.191 e. The molecular formula is C6H11O9P-2. The molecule has 1 aliphatic heterocycles. The second-order valence-electron chi connectivity index (χ2n) is 3.25. The van der Waals surface area contributed by atoms with E-state index < -0.39 is 45.1 Å². The highest BCUT2D eigenvalue weighted by atomic mass is 31.2. The van der Waals surface area contributed by atoms with E-state index in [1.54, 1.807) is 0 Å². The zero-order valence-electron chi connectivity index (χ0n) is 7.87. The number of hydrogen-bond acceptors (Lipinski definition) is 9. The molecule has 0 unspecified atom stereocenters. The summed E-state index contributed by atoms with van der Waals surface area (Å²) < 4.78 is 18.7. The van der Waals surface area contributed by atoms with Crippen LogP contribution in [0.1, 0.15) is 0 Å². The van der Waals surface area contributed by atoms with Crippen molar-refractivity contribution in [3.05, 3.63) is 0 Å². The molecule has 10 heteroatoms. The van der Waals surface area contributed by atoms with Crippen molar-refractivity contribution in [2.75, 3.05) is 6.61 Å². The quantitative estimate of drug-likeness (QED) is 0.366. The van der Waals surface area contributed by atoms with Crippen molar-refractivity contribution in [2.24, 2.45) is 0 Å².